The minimum absolute atomic E-state index is 0.0920. The van der Waals surface area contributed by atoms with E-state index in [4.69, 9.17) is 12.2 Å². The fraction of sp³-hybridized carbons (Fsp3) is 0.889. The zero-order valence-electron chi connectivity index (χ0n) is 15.1. The number of carbonyl (C=O) groups is 1. The maximum absolute atomic E-state index is 12.4. The van der Waals surface area contributed by atoms with Crippen molar-refractivity contribution in [1.82, 2.24) is 21.1 Å². The van der Waals surface area contributed by atoms with Crippen molar-refractivity contribution in [2.75, 3.05) is 27.2 Å². The molecule has 4 saturated carbocycles. The van der Waals surface area contributed by atoms with Crippen LogP contribution in [0.3, 0.4) is 0 Å². The van der Waals surface area contributed by atoms with Gasteiger partial charge in [0.25, 0.3) is 0 Å². The Morgan fingerprint density at radius 2 is 1.67 bits per heavy atom. The van der Waals surface area contributed by atoms with Crippen molar-refractivity contribution in [3.05, 3.63) is 0 Å². The first-order valence-corrected chi connectivity index (χ1v) is 9.82. The van der Waals surface area contributed by atoms with Gasteiger partial charge in [0.05, 0.1) is 0 Å². The second-order valence-corrected chi connectivity index (χ2v) is 9.09. The predicted octanol–water partition coefficient (Wildman–Crippen LogP) is 2.04. The minimum Gasteiger partial charge on any atom is -0.361 e. The number of hydrazine groups is 1. The highest BCUT2D eigenvalue weighted by Crippen LogP contribution is 2.61. The Hall–Kier alpha value is -0.880. The van der Waals surface area contributed by atoms with Gasteiger partial charge in [0, 0.05) is 13.0 Å². The van der Waals surface area contributed by atoms with Crippen LogP contribution in [0.2, 0.25) is 0 Å². The average molecular weight is 353 g/mol. The van der Waals surface area contributed by atoms with Crippen LogP contribution in [0, 0.1) is 23.2 Å². The lowest BCUT2D eigenvalue weighted by molar-refractivity contribution is -0.130. The first-order valence-electron chi connectivity index (χ1n) is 9.41. The van der Waals surface area contributed by atoms with Crippen molar-refractivity contribution in [1.29, 1.82) is 0 Å². The second-order valence-electron chi connectivity index (χ2n) is 8.68. The molecule has 4 rings (SSSR count). The fourth-order valence-electron chi connectivity index (χ4n) is 5.66. The SMILES string of the molecule is CN(C)CCCNC(=S)NNC(=O)CC12CC3CC(CC(C3)C1)C2. The molecule has 4 aliphatic carbocycles. The molecule has 0 saturated heterocycles. The highest BCUT2D eigenvalue weighted by Gasteiger charge is 2.51. The van der Waals surface area contributed by atoms with Crippen molar-refractivity contribution >= 4 is 23.2 Å². The van der Waals surface area contributed by atoms with Crippen molar-refractivity contribution in [3.63, 3.8) is 0 Å². The van der Waals surface area contributed by atoms with Crippen LogP contribution in [0.1, 0.15) is 51.4 Å². The largest absolute Gasteiger partial charge is 0.361 e. The molecule has 0 aromatic heterocycles. The van der Waals surface area contributed by atoms with Gasteiger partial charge in [-0.3, -0.25) is 15.6 Å². The number of hydrogen-bond donors (Lipinski definition) is 3. The summed E-state index contributed by atoms with van der Waals surface area (Å²) in [5.74, 6) is 2.75. The van der Waals surface area contributed by atoms with E-state index in [1.165, 1.54) is 38.5 Å². The first kappa shape index (κ1) is 17.9. The monoisotopic (exact) mass is 352 g/mol. The van der Waals surface area contributed by atoms with Gasteiger partial charge in [0.1, 0.15) is 0 Å². The molecule has 0 radical (unpaired) electrons. The van der Waals surface area contributed by atoms with Crippen LogP contribution in [0.5, 0.6) is 0 Å². The number of nitrogens with one attached hydrogen (secondary N) is 3. The van der Waals surface area contributed by atoms with E-state index < -0.39 is 0 Å². The Morgan fingerprint density at radius 3 is 2.21 bits per heavy atom. The third-order valence-corrected chi connectivity index (χ3v) is 6.33. The molecule has 4 aliphatic rings. The summed E-state index contributed by atoms with van der Waals surface area (Å²) < 4.78 is 0. The van der Waals surface area contributed by atoms with Gasteiger partial charge in [-0.1, -0.05) is 0 Å². The van der Waals surface area contributed by atoms with Gasteiger partial charge in [-0.15, -0.1) is 0 Å². The number of rotatable bonds is 6. The molecule has 0 aromatic rings. The summed E-state index contributed by atoms with van der Waals surface area (Å²) in [7, 11) is 4.11. The molecule has 0 atom stereocenters. The van der Waals surface area contributed by atoms with Crippen LogP contribution in [-0.4, -0.2) is 43.1 Å². The van der Waals surface area contributed by atoms with E-state index in [-0.39, 0.29) is 11.3 Å². The van der Waals surface area contributed by atoms with Gasteiger partial charge in [-0.25, -0.2) is 0 Å². The average Bonchev–Trinajstić information content (AvgIpc) is 2.47. The van der Waals surface area contributed by atoms with Crippen LogP contribution >= 0.6 is 12.2 Å². The summed E-state index contributed by atoms with van der Waals surface area (Å²) in [6, 6.07) is 0. The highest BCUT2D eigenvalue weighted by molar-refractivity contribution is 7.80. The lowest BCUT2D eigenvalue weighted by Crippen LogP contribution is -2.51. The number of amides is 1. The van der Waals surface area contributed by atoms with Gasteiger partial charge in [-0.2, -0.15) is 0 Å². The minimum atomic E-state index is 0.0920. The Labute approximate surface area is 151 Å². The van der Waals surface area contributed by atoms with Crippen molar-refractivity contribution in [2.24, 2.45) is 23.2 Å². The molecule has 4 bridgehead atoms. The molecule has 0 spiro atoms. The highest BCUT2D eigenvalue weighted by atomic mass is 32.1. The van der Waals surface area contributed by atoms with Gasteiger partial charge in [0.15, 0.2) is 5.11 Å². The van der Waals surface area contributed by atoms with E-state index in [1.54, 1.807) is 0 Å². The molecule has 136 valence electrons. The molecule has 24 heavy (non-hydrogen) atoms. The van der Waals surface area contributed by atoms with Crippen LogP contribution in [0.25, 0.3) is 0 Å². The van der Waals surface area contributed by atoms with Gasteiger partial charge >= 0.3 is 0 Å². The molecule has 0 aliphatic heterocycles. The fourth-order valence-corrected chi connectivity index (χ4v) is 5.81. The maximum atomic E-state index is 12.4. The molecular formula is C18H32N4OS. The smallest absolute Gasteiger partial charge is 0.238 e. The number of nitrogens with zero attached hydrogens (tertiary/aromatic N) is 1. The normalized spacial score (nSPS) is 33.5. The summed E-state index contributed by atoms with van der Waals surface area (Å²) in [6.07, 6.45) is 9.72. The number of carbonyl (C=O) groups excluding carboxylic acids is 1. The van der Waals surface area contributed by atoms with Crippen molar-refractivity contribution in [3.8, 4) is 0 Å². The van der Waals surface area contributed by atoms with Crippen molar-refractivity contribution in [2.45, 2.75) is 51.4 Å². The summed E-state index contributed by atoms with van der Waals surface area (Å²) >= 11 is 5.22. The van der Waals surface area contributed by atoms with Gasteiger partial charge < -0.3 is 10.2 Å². The van der Waals surface area contributed by atoms with Crippen molar-refractivity contribution < 1.29 is 4.79 Å². The lowest BCUT2D eigenvalue weighted by atomic mass is 9.49. The first-order chi connectivity index (χ1) is 11.4. The molecule has 0 aromatic carbocycles. The number of thiocarbonyl (C=S) groups is 1. The third kappa shape index (κ3) is 4.60. The van der Waals surface area contributed by atoms with E-state index in [1.807, 2.05) is 0 Å². The maximum Gasteiger partial charge on any atom is 0.238 e. The summed E-state index contributed by atoms with van der Waals surface area (Å²) in [5.41, 5.74) is 5.94. The predicted molar refractivity (Wildman–Crippen MR) is 100 cm³/mol. The topological polar surface area (TPSA) is 56.4 Å². The zero-order valence-corrected chi connectivity index (χ0v) is 15.9. The van der Waals surface area contributed by atoms with E-state index in [9.17, 15) is 4.79 Å². The van der Waals surface area contributed by atoms with Crippen LogP contribution in [0.4, 0.5) is 0 Å². The Morgan fingerprint density at radius 1 is 1.08 bits per heavy atom. The number of hydrogen-bond acceptors (Lipinski definition) is 3. The second kappa shape index (κ2) is 7.56. The standard InChI is InChI=1S/C18H32N4OS/c1-22(2)5-3-4-19-17(24)21-20-16(23)12-18-9-13-6-14(10-18)8-15(7-13)11-18/h13-15H,3-12H2,1-2H3,(H,20,23)(H2,19,21,24). The van der Waals surface area contributed by atoms with E-state index in [0.717, 1.165) is 37.3 Å². The molecule has 5 nitrogen and oxygen atoms in total. The van der Waals surface area contributed by atoms with Gasteiger partial charge in [0.2, 0.25) is 5.91 Å². The molecular weight excluding hydrogens is 320 g/mol. The van der Waals surface area contributed by atoms with E-state index in [2.05, 4.69) is 35.2 Å². The quantitative estimate of drug-likeness (QED) is 0.388. The van der Waals surface area contributed by atoms with Crippen LogP contribution in [-0.2, 0) is 4.79 Å². The molecule has 0 heterocycles. The third-order valence-electron chi connectivity index (χ3n) is 6.08. The van der Waals surface area contributed by atoms with Gasteiger partial charge in [-0.05, 0) is 101 Å². The molecule has 6 heteroatoms. The summed E-state index contributed by atoms with van der Waals surface area (Å²) in [6.45, 7) is 1.84. The Balaban J connectivity index is 1.36. The van der Waals surface area contributed by atoms with Crippen LogP contribution < -0.4 is 16.2 Å². The van der Waals surface area contributed by atoms with E-state index >= 15 is 0 Å². The molecule has 1 amide bonds. The molecule has 3 N–H and O–H groups in total. The Bertz CT molecular complexity index is 444. The molecule has 0 unspecified atom stereocenters. The zero-order chi connectivity index (χ0) is 17.2. The Kier molecular flexibility index (Phi) is 5.65. The summed E-state index contributed by atoms with van der Waals surface area (Å²) in [4.78, 5) is 14.5. The van der Waals surface area contributed by atoms with E-state index in [0.29, 0.717) is 11.5 Å². The van der Waals surface area contributed by atoms with Crippen LogP contribution in [0.15, 0.2) is 0 Å². The summed E-state index contributed by atoms with van der Waals surface area (Å²) in [5, 5.41) is 3.64. The molecule has 4 fully saturated rings. The lowest BCUT2D eigenvalue weighted by Gasteiger charge is -2.56.